The standard InChI is InChI=1S/C20H19ClF4N4O3.ClH/c1-18(9-32-19(2,17(26)29-18)20(23,24)25)12-6-10(4-5-14(12)22)28-16(30)15-13(21)7-11(31-3)8-27-15;/h4-8H,9H2,1-3H3,(H2,26,29)(H,28,30);1H/t18-,19+;/m0./s1/i3D3;. The molecule has 2 heterocycles. The number of hydrogen-bond acceptors (Lipinski definition) is 6. The van der Waals surface area contributed by atoms with E-state index in [9.17, 15) is 22.4 Å². The van der Waals surface area contributed by atoms with Gasteiger partial charge in [-0.05, 0) is 32.0 Å². The maximum Gasteiger partial charge on any atom is 0.424 e. The van der Waals surface area contributed by atoms with Gasteiger partial charge >= 0.3 is 6.18 Å². The molecule has 3 rings (SSSR count). The number of nitrogens with one attached hydrogen (secondary N) is 1. The first-order chi connectivity index (χ1) is 15.9. The molecule has 0 aliphatic carbocycles. The van der Waals surface area contributed by atoms with E-state index in [4.69, 9.17) is 26.2 Å². The van der Waals surface area contributed by atoms with Gasteiger partial charge in [0, 0.05) is 17.3 Å². The van der Waals surface area contributed by atoms with Gasteiger partial charge in [0.2, 0.25) is 5.60 Å². The zero-order valence-electron chi connectivity index (χ0n) is 20.1. The van der Waals surface area contributed by atoms with Gasteiger partial charge in [0.05, 0.1) is 29.0 Å². The van der Waals surface area contributed by atoms with Gasteiger partial charge < -0.3 is 20.5 Å². The number of anilines is 1. The van der Waals surface area contributed by atoms with E-state index in [-0.39, 0.29) is 40.1 Å². The van der Waals surface area contributed by atoms with Crippen LogP contribution in [0.25, 0.3) is 0 Å². The summed E-state index contributed by atoms with van der Waals surface area (Å²) >= 11 is 6.01. The fourth-order valence-corrected chi connectivity index (χ4v) is 3.22. The van der Waals surface area contributed by atoms with Crippen molar-refractivity contribution in [3.05, 3.63) is 52.6 Å². The van der Waals surface area contributed by atoms with Crippen molar-refractivity contribution in [1.29, 1.82) is 0 Å². The van der Waals surface area contributed by atoms with Crippen molar-refractivity contribution < 1.29 is 35.9 Å². The zero-order valence-corrected chi connectivity index (χ0v) is 18.7. The van der Waals surface area contributed by atoms with E-state index in [2.05, 4.69) is 20.0 Å². The van der Waals surface area contributed by atoms with Gasteiger partial charge in [-0.1, -0.05) is 11.6 Å². The molecule has 1 aliphatic heterocycles. The Hall–Kier alpha value is -2.63. The molecule has 0 spiro atoms. The summed E-state index contributed by atoms with van der Waals surface area (Å²) in [5, 5.41) is 2.22. The number of aromatic nitrogens is 1. The molecule has 3 N–H and O–H groups in total. The molecule has 1 aliphatic rings. The van der Waals surface area contributed by atoms with E-state index in [0.29, 0.717) is 0 Å². The van der Waals surface area contributed by atoms with Crippen LogP contribution >= 0.6 is 24.0 Å². The number of amides is 1. The molecular formula is C20H20Cl2F4N4O3. The summed E-state index contributed by atoms with van der Waals surface area (Å²) < 4.78 is 85.6. The van der Waals surface area contributed by atoms with E-state index >= 15 is 0 Å². The highest BCUT2D eigenvalue weighted by atomic mass is 35.5. The van der Waals surface area contributed by atoms with Crippen molar-refractivity contribution in [2.24, 2.45) is 10.7 Å². The highest BCUT2D eigenvalue weighted by Gasteiger charge is 2.59. The minimum Gasteiger partial charge on any atom is -0.495 e. The number of carbonyl (C=O) groups is 1. The Bertz CT molecular complexity index is 1200. The highest BCUT2D eigenvalue weighted by molar-refractivity contribution is 6.34. The lowest BCUT2D eigenvalue weighted by Crippen LogP contribution is -2.60. The summed E-state index contributed by atoms with van der Waals surface area (Å²) in [6.45, 7) is 1.42. The summed E-state index contributed by atoms with van der Waals surface area (Å²) in [6.07, 6.45) is -3.86. The van der Waals surface area contributed by atoms with Gasteiger partial charge in [-0.2, -0.15) is 13.2 Å². The number of pyridine rings is 1. The summed E-state index contributed by atoms with van der Waals surface area (Å²) in [7, 11) is -2.75. The first-order valence-electron chi connectivity index (χ1n) is 10.5. The Morgan fingerprint density at radius 2 is 2.06 bits per heavy atom. The smallest absolute Gasteiger partial charge is 0.424 e. The number of aliphatic imine (C=N–C) groups is 1. The van der Waals surface area contributed by atoms with Gasteiger partial charge in [0.25, 0.3) is 5.91 Å². The van der Waals surface area contributed by atoms with Crippen LogP contribution in [0.15, 0.2) is 35.5 Å². The lowest BCUT2D eigenvalue weighted by Gasteiger charge is -2.41. The molecule has 0 saturated heterocycles. The number of methoxy groups -OCH3 is 1. The summed E-state index contributed by atoms with van der Waals surface area (Å²) in [5.41, 5.74) is 0.704. The molecule has 0 fully saturated rings. The number of rotatable bonds is 4. The van der Waals surface area contributed by atoms with Crippen molar-refractivity contribution in [3.8, 4) is 5.75 Å². The largest absolute Gasteiger partial charge is 0.495 e. The van der Waals surface area contributed by atoms with Crippen LogP contribution in [0.2, 0.25) is 5.02 Å². The number of ether oxygens (including phenoxy) is 2. The third kappa shape index (κ3) is 4.99. The van der Waals surface area contributed by atoms with Gasteiger partial charge in [-0.3, -0.25) is 9.79 Å². The Balaban J connectivity index is 0.00000456. The fourth-order valence-electron chi connectivity index (χ4n) is 2.98. The molecule has 0 unspecified atom stereocenters. The van der Waals surface area contributed by atoms with Gasteiger partial charge in [0.15, 0.2) is 0 Å². The first-order valence-corrected chi connectivity index (χ1v) is 9.35. The Morgan fingerprint density at radius 1 is 1.36 bits per heavy atom. The van der Waals surface area contributed by atoms with Crippen LogP contribution in [0, 0.1) is 5.82 Å². The molecule has 0 radical (unpaired) electrons. The van der Waals surface area contributed by atoms with Crippen LogP contribution in [0.5, 0.6) is 5.75 Å². The van der Waals surface area contributed by atoms with Crippen molar-refractivity contribution in [1.82, 2.24) is 4.98 Å². The van der Waals surface area contributed by atoms with Gasteiger partial charge in [-0.25, -0.2) is 9.37 Å². The number of nitrogens with zero attached hydrogens (tertiary/aromatic N) is 2. The highest BCUT2D eigenvalue weighted by Crippen LogP contribution is 2.41. The predicted octanol–water partition coefficient (Wildman–Crippen LogP) is 4.48. The SMILES string of the molecule is Cl.[2H]C([2H])([2H])Oc1cnc(C(=O)Nc2ccc(F)c([C@]3(C)CO[C@@](C)(C(F)(F)F)C(N)=N3)c2)c(Cl)c1. The zero-order chi connectivity index (χ0) is 26.4. The van der Waals surface area contributed by atoms with Crippen molar-refractivity contribution in [2.75, 3.05) is 19.0 Å². The monoisotopic (exact) mass is 513 g/mol. The minimum atomic E-state index is -4.84. The second-order valence-electron chi connectivity index (χ2n) is 7.34. The van der Waals surface area contributed by atoms with Crippen LogP contribution < -0.4 is 15.8 Å². The number of hydrogen-bond donors (Lipinski definition) is 2. The summed E-state index contributed by atoms with van der Waals surface area (Å²) in [5.74, 6) is -2.71. The number of halogens is 6. The van der Waals surface area contributed by atoms with E-state index < -0.39 is 48.5 Å². The van der Waals surface area contributed by atoms with Crippen molar-refractivity contribution in [2.45, 2.75) is 31.2 Å². The van der Waals surface area contributed by atoms with Crippen LogP contribution in [0.4, 0.5) is 23.2 Å². The predicted molar refractivity (Wildman–Crippen MR) is 117 cm³/mol. The Kier molecular flexibility index (Phi) is 6.26. The molecule has 13 heteroatoms. The van der Waals surface area contributed by atoms with Crippen LogP contribution in [0.3, 0.4) is 0 Å². The third-order valence-electron chi connectivity index (χ3n) is 4.99. The molecule has 0 saturated carbocycles. The summed E-state index contributed by atoms with van der Waals surface area (Å²) in [6, 6.07) is 4.45. The second kappa shape index (κ2) is 9.32. The van der Waals surface area contributed by atoms with Crippen LogP contribution in [0.1, 0.15) is 34.0 Å². The topological polar surface area (TPSA) is 98.8 Å². The molecule has 1 amide bonds. The quantitative estimate of drug-likeness (QED) is 0.587. The Labute approximate surface area is 201 Å². The summed E-state index contributed by atoms with van der Waals surface area (Å²) in [4.78, 5) is 20.3. The van der Waals surface area contributed by atoms with Gasteiger partial charge in [-0.15, -0.1) is 12.4 Å². The van der Waals surface area contributed by atoms with E-state index in [1.807, 2.05) is 0 Å². The van der Waals surface area contributed by atoms with E-state index in [1.54, 1.807) is 0 Å². The Morgan fingerprint density at radius 3 is 2.64 bits per heavy atom. The van der Waals surface area contributed by atoms with Gasteiger partial charge in [0.1, 0.15) is 28.6 Å². The molecule has 1 aromatic heterocycles. The van der Waals surface area contributed by atoms with Crippen molar-refractivity contribution >= 4 is 41.4 Å². The molecule has 180 valence electrons. The molecule has 0 bridgehead atoms. The number of amidine groups is 1. The lowest BCUT2D eigenvalue weighted by molar-refractivity contribution is -0.249. The second-order valence-corrected chi connectivity index (χ2v) is 7.75. The average molecular weight is 514 g/mol. The number of carbonyl (C=O) groups excluding carboxylic acids is 1. The number of nitrogens with two attached hydrogens (primary N) is 1. The third-order valence-corrected chi connectivity index (χ3v) is 5.28. The molecule has 33 heavy (non-hydrogen) atoms. The normalized spacial score (nSPS) is 24.5. The minimum absolute atomic E-state index is 0. The molecule has 2 atom stereocenters. The number of alkyl halides is 3. The molecule has 7 nitrogen and oxygen atoms in total. The maximum absolute atomic E-state index is 14.7. The molecule has 1 aromatic carbocycles. The number of benzene rings is 1. The molecular weight excluding hydrogens is 491 g/mol. The van der Waals surface area contributed by atoms with E-state index in [0.717, 1.165) is 25.3 Å². The van der Waals surface area contributed by atoms with E-state index in [1.165, 1.54) is 19.1 Å². The average Bonchev–Trinajstić information content (AvgIpc) is 2.70. The fraction of sp³-hybridized carbons (Fsp3) is 0.350. The van der Waals surface area contributed by atoms with Crippen LogP contribution in [-0.2, 0) is 10.3 Å². The van der Waals surface area contributed by atoms with Crippen LogP contribution in [-0.4, -0.2) is 42.1 Å². The maximum atomic E-state index is 14.7. The first kappa shape index (κ1) is 22.2. The molecule has 2 aromatic rings. The lowest BCUT2D eigenvalue weighted by atomic mass is 9.89. The van der Waals surface area contributed by atoms with Crippen molar-refractivity contribution in [3.63, 3.8) is 0 Å².